The van der Waals surface area contributed by atoms with Crippen molar-refractivity contribution in [2.45, 2.75) is 90.5 Å². The van der Waals surface area contributed by atoms with Crippen molar-refractivity contribution in [1.82, 2.24) is 15.1 Å². The maximum Gasteiger partial charge on any atom is 0.254 e. The van der Waals surface area contributed by atoms with E-state index in [1.165, 1.54) is 12.1 Å². The Morgan fingerprint density at radius 2 is 1.78 bits per heavy atom. The third-order valence-corrected chi connectivity index (χ3v) is 10.4. The minimum Gasteiger partial charge on any atom is -0.457 e. The minimum atomic E-state index is -0.799. The molecule has 2 amide bonds. The molecular weight excluding hydrogens is 608 g/mol. The van der Waals surface area contributed by atoms with Crippen LogP contribution < -0.4 is 10.1 Å². The highest BCUT2D eigenvalue weighted by Gasteiger charge is 2.33. The number of halogens is 2. The summed E-state index contributed by atoms with van der Waals surface area (Å²) in [5.41, 5.74) is 0.951. The van der Waals surface area contributed by atoms with Crippen molar-refractivity contribution in [2.75, 3.05) is 19.6 Å². The quantitative estimate of drug-likeness (QED) is 0.197. The van der Waals surface area contributed by atoms with Crippen LogP contribution in [0.1, 0.15) is 87.2 Å². The molecule has 2 aromatic carbocycles. The van der Waals surface area contributed by atoms with E-state index in [1.54, 1.807) is 29.2 Å². The molecule has 2 heterocycles. The molecule has 2 saturated heterocycles. The smallest absolute Gasteiger partial charge is 0.254 e. The Morgan fingerprint density at radius 3 is 2.41 bits per heavy atom. The van der Waals surface area contributed by atoms with Crippen LogP contribution >= 0.6 is 11.8 Å². The van der Waals surface area contributed by atoms with E-state index in [0.717, 1.165) is 31.0 Å². The molecule has 5 rings (SSSR count). The normalized spacial score (nSPS) is 22.7. The number of ether oxygens (including phenoxy) is 1. The fourth-order valence-corrected chi connectivity index (χ4v) is 7.23. The molecule has 1 aliphatic carbocycles. The third-order valence-electron chi connectivity index (χ3n) is 9.23. The Balaban J connectivity index is 1.31. The van der Waals surface area contributed by atoms with Gasteiger partial charge in [-0.1, -0.05) is 45.4 Å². The number of thioether (sulfide) groups is 1. The van der Waals surface area contributed by atoms with E-state index in [0.29, 0.717) is 67.2 Å². The van der Waals surface area contributed by atoms with Crippen molar-refractivity contribution in [3.8, 4) is 11.5 Å². The molecule has 11 heteroatoms. The van der Waals surface area contributed by atoms with E-state index in [-0.39, 0.29) is 52.7 Å². The van der Waals surface area contributed by atoms with E-state index < -0.39 is 17.9 Å². The summed E-state index contributed by atoms with van der Waals surface area (Å²) in [5.74, 6) is -0.293. The fraction of sp³-hybridized carbons (Fsp3) is 0.543. The van der Waals surface area contributed by atoms with Gasteiger partial charge in [-0.3, -0.25) is 25.3 Å². The summed E-state index contributed by atoms with van der Waals surface area (Å²) in [6.45, 7) is 7.92. The predicted molar refractivity (Wildman–Crippen MR) is 178 cm³/mol. The lowest BCUT2D eigenvalue weighted by atomic mass is 9.90. The van der Waals surface area contributed by atoms with Gasteiger partial charge in [0.2, 0.25) is 5.91 Å². The van der Waals surface area contributed by atoms with Gasteiger partial charge in [0.1, 0.15) is 28.5 Å². The number of carbonyl (C=O) groups excluding carboxylic acids is 2. The summed E-state index contributed by atoms with van der Waals surface area (Å²) in [4.78, 5) is 29.8. The van der Waals surface area contributed by atoms with Gasteiger partial charge in [-0.05, 0) is 68.0 Å². The maximum absolute atomic E-state index is 15.6. The number of amides is 2. The lowest BCUT2D eigenvalue weighted by Gasteiger charge is -2.40. The van der Waals surface area contributed by atoms with Crippen LogP contribution in [-0.4, -0.2) is 69.6 Å². The molecule has 2 aliphatic heterocycles. The summed E-state index contributed by atoms with van der Waals surface area (Å²) in [6.07, 6.45) is 4.44. The van der Waals surface area contributed by atoms with E-state index >= 15 is 4.39 Å². The molecule has 0 radical (unpaired) electrons. The van der Waals surface area contributed by atoms with Gasteiger partial charge in [0, 0.05) is 61.7 Å². The number of nitrogens with one attached hydrogen (secondary N) is 3. The summed E-state index contributed by atoms with van der Waals surface area (Å²) in [6, 6.07) is 9.35. The zero-order chi connectivity index (χ0) is 33.0. The first-order valence-corrected chi connectivity index (χ1v) is 17.2. The van der Waals surface area contributed by atoms with Gasteiger partial charge < -0.3 is 15.0 Å². The minimum absolute atomic E-state index is 0.00772. The average molecular weight is 654 g/mol. The van der Waals surface area contributed by atoms with Crippen LogP contribution in [0.25, 0.3) is 0 Å². The predicted octanol–water partition coefficient (Wildman–Crippen LogP) is 7.15. The second kappa shape index (κ2) is 15.1. The van der Waals surface area contributed by atoms with Crippen LogP contribution in [-0.2, 0) is 11.3 Å². The van der Waals surface area contributed by atoms with Crippen LogP contribution in [0.3, 0.4) is 0 Å². The lowest BCUT2D eigenvalue weighted by molar-refractivity contribution is -0.128. The van der Waals surface area contributed by atoms with Crippen molar-refractivity contribution >= 4 is 33.7 Å². The number of nitrogens with zero attached hydrogens (tertiary/aromatic N) is 2. The van der Waals surface area contributed by atoms with Crippen molar-refractivity contribution in [3.05, 3.63) is 58.9 Å². The zero-order valence-corrected chi connectivity index (χ0v) is 27.7. The summed E-state index contributed by atoms with van der Waals surface area (Å²) in [5, 5.41) is 20.1. The fourth-order valence-electron chi connectivity index (χ4n) is 6.52. The summed E-state index contributed by atoms with van der Waals surface area (Å²) >= 11 is 1.10. The highest BCUT2D eigenvalue weighted by molar-refractivity contribution is 8.26. The van der Waals surface area contributed by atoms with E-state index in [2.05, 4.69) is 10.2 Å². The van der Waals surface area contributed by atoms with Crippen molar-refractivity contribution in [1.29, 1.82) is 10.8 Å². The molecule has 46 heavy (non-hydrogen) atoms. The standard InChI is InChI=1S/C35H45F2N5O3S/c1-21(2)33(38)46-34(39)23-8-10-26(11-9-23)45-31-18-27(29(37)17-24(31)20-42-19-22(3)16-32(42)43)35(44)40-25-12-14-41(15-13-25)30-7-5-4-6-28(30)36/h8-11,17-18,21-22,25,28,30,38-39H,4-7,12-16,19-20H2,1-3H3,(H,40,44)/t22-,28?,30?/m0/s1. The van der Waals surface area contributed by atoms with Crippen LogP contribution in [0, 0.1) is 28.5 Å². The molecule has 2 unspecified atom stereocenters. The number of hydrogen-bond donors (Lipinski definition) is 3. The second-order valence-electron chi connectivity index (χ2n) is 13.3. The average Bonchev–Trinajstić information content (AvgIpc) is 3.34. The molecular formula is C35H45F2N5O3S. The number of alkyl halides is 1. The monoisotopic (exact) mass is 653 g/mol. The van der Waals surface area contributed by atoms with Gasteiger partial charge in [0.25, 0.3) is 5.91 Å². The van der Waals surface area contributed by atoms with Crippen molar-refractivity contribution in [3.63, 3.8) is 0 Å². The first kappa shape index (κ1) is 34.0. The highest BCUT2D eigenvalue weighted by Crippen LogP contribution is 2.33. The van der Waals surface area contributed by atoms with Gasteiger partial charge in [0.05, 0.1) is 10.6 Å². The summed E-state index contributed by atoms with van der Waals surface area (Å²) in [7, 11) is 0. The number of likely N-dealkylation sites (tertiary alicyclic amines) is 2. The number of rotatable bonds is 9. The number of hydrogen-bond acceptors (Lipinski definition) is 7. The first-order valence-electron chi connectivity index (χ1n) is 16.4. The van der Waals surface area contributed by atoms with Crippen LogP contribution in [0.15, 0.2) is 36.4 Å². The Kier molecular flexibility index (Phi) is 11.1. The molecule has 1 saturated carbocycles. The van der Waals surface area contributed by atoms with Crippen LogP contribution in [0.4, 0.5) is 8.78 Å². The maximum atomic E-state index is 15.6. The number of carbonyl (C=O) groups is 2. The Labute approximate surface area is 274 Å². The van der Waals surface area contributed by atoms with Gasteiger partial charge >= 0.3 is 0 Å². The van der Waals surface area contributed by atoms with E-state index in [4.69, 9.17) is 15.6 Å². The molecule has 3 N–H and O–H groups in total. The highest BCUT2D eigenvalue weighted by atomic mass is 32.2. The molecule has 2 aromatic rings. The topological polar surface area (TPSA) is 110 Å². The molecule has 0 aromatic heterocycles. The largest absolute Gasteiger partial charge is 0.457 e. The van der Waals surface area contributed by atoms with Gasteiger partial charge in [-0.2, -0.15) is 0 Å². The van der Waals surface area contributed by atoms with Crippen molar-refractivity contribution in [2.24, 2.45) is 11.8 Å². The Morgan fingerprint density at radius 1 is 1.09 bits per heavy atom. The van der Waals surface area contributed by atoms with Gasteiger partial charge in [-0.25, -0.2) is 8.78 Å². The number of benzene rings is 2. The molecule has 3 atom stereocenters. The van der Waals surface area contributed by atoms with Crippen LogP contribution in [0.2, 0.25) is 0 Å². The first-order chi connectivity index (χ1) is 22.0. The molecule has 3 aliphatic rings. The molecule has 8 nitrogen and oxygen atoms in total. The van der Waals surface area contributed by atoms with Gasteiger partial charge in [0.15, 0.2) is 0 Å². The van der Waals surface area contributed by atoms with E-state index in [9.17, 15) is 14.0 Å². The van der Waals surface area contributed by atoms with Crippen molar-refractivity contribution < 1.29 is 23.1 Å². The third kappa shape index (κ3) is 8.34. The number of piperidine rings is 1. The molecule has 0 bridgehead atoms. The zero-order valence-electron chi connectivity index (χ0n) is 26.9. The Hall–Kier alpha value is -3.31. The SMILES string of the molecule is CC(C)C(=N)SC(=N)c1ccc(Oc2cc(C(=O)NC3CCN(C4CCCCC4F)CC3)c(F)cc2CN2C[C@@H](C)CC2=O)cc1. The molecule has 248 valence electrons. The van der Waals surface area contributed by atoms with E-state index in [1.807, 2.05) is 20.8 Å². The lowest BCUT2D eigenvalue weighted by Crippen LogP contribution is -2.51. The van der Waals surface area contributed by atoms with Crippen LogP contribution in [0.5, 0.6) is 11.5 Å². The molecule has 0 spiro atoms. The molecule has 3 fully saturated rings. The Bertz CT molecular complexity index is 1440. The van der Waals surface area contributed by atoms with Gasteiger partial charge in [-0.15, -0.1) is 0 Å². The summed E-state index contributed by atoms with van der Waals surface area (Å²) < 4.78 is 36.3. The second-order valence-corrected chi connectivity index (χ2v) is 14.3.